The van der Waals surface area contributed by atoms with Crippen LogP contribution >= 0.6 is 0 Å². The first-order valence-electron chi connectivity index (χ1n) is 13.7. The highest BCUT2D eigenvalue weighted by molar-refractivity contribution is 5.56. The number of pyridine rings is 1. The van der Waals surface area contributed by atoms with Gasteiger partial charge in [-0.25, -0.2) is 9.67 Å². The molecule has 0 aliphatic carbocycles. The molecule has 2 aliphatic heterocycles. The highest BCUT2D eigenvalue weighted by Gasteiger charge is 2.55. The highest BCUT2D eigenvalue weighted by Crippen LogP contribution is 2.50. The smallest absolute Gasteiger partial charge is 0.182 e. The summed E-state index contributed by atoms with van der Waals surface area (Å²) in [6.45, 7) is 10.8. The van der Waals surface area contributed by atoms with Gasteiger partial charge in [0.25, 0.3) is 0 Å². The quantitative estimate of drug-likeness (QED) is 0.454. The number of nitrogens with zero attached hydrogens (tertiary/aromatic N) is 5. The van der Waals surface area contributed by atoms with Crippen molar-refractivity contribution in [2.75, 3.05) is 47.1 Å². The third kappa shape index (κ3) is 4.91. The molecule has 5 rings (SSSR count). The lowest BCUT2D eigenvalue weighted by Gasteiger charge is -2.55. The summed E-state index contributed by atoms with van der Waals surface area (Å²) in [7, 11) is 3.79. The predicted octanol–water partition coefficient (Wildman–Crippen LogP) is 4.19. The SMILES string of the molecule is COCCn1nc(-c2cncc([C@@](O)(c3ccc(C(C)C)cc3)C3(C)CN(C)C3)c2)nc1C1CCOCC1. The summed E-state index contributed by atoms with van der Waals surface area (Å²) >= 11 is 0. The van der Waals surface area contributed by atoms with E-state index in [0.717, 1.165) is 61.7 Å². The molecule has 8 nitrogen and oxygen atoms in total. The normalized spacial score (nSPS) is 19.9. The molecule has 1 atom stereocenters. The molecule has 0 bridgehead atoms. The molecule has 3 aromatic rings. The van der Waals surface area contributed by atoms with E-state index in [1.807, 2.05) is 10.7 Å². The minimum atomic E-state index is -1.21. The van der Waals surface area contributed by atoms with Crippen molar-refractivity contribution >= 4 is 0 Å². The van der Waals surface area contributed by atoms with Crippen molar-refractivity contribution in [3.05, 3.63) is 65.2 Å². The molecule has 38 heavy (non-hydrogen) atoms. The summed E-state index contributed by atoms with van der Waals surface area (Å²) in [5.74, 6) is 2.33. The molecule has 2 fully saturated rings. The van der Waals surface area contributed by atoms with Crippen molar-refractivity contribution in [2.24, 2.45) is 5.41 Å². The van der Waals surface area contributed by atoms with E-state index in [4.69, 9.17) is 19.6 Å². The largest absolute Gasteiger partial charge is 0.383 e. The van der Waals surface area contributed by atoms with Crippen molar-refractivity contribution < 1.29 is 14.6 Å². The Hall–Kier alpha value is -2.65. The Morgan fingerprint density at radius 2 is 1.84 bits per heavy atom. The summed E-state index contributed by atoms with van der Waals surface area (Å²) in [6.07, 6.45) is 5.46. The van der Waals surface area contributed by atoms with Gasteiger partial charge in [-0.05, 0) is 43.0 Å². The minimum absolute atomic E-state index is 0.304. The molecule has 0 saturated carbocycles. The fraction of sp³-hybridized carbons (Fsp3) is 0.567. The molecular weight excluding hydrogens is 478 g/mol. The maximum atomic E-state index is 12.6. The number of hydrogen-bond donors (Lipinski definition) is 1. The van der Waals surface area contributed by atoms with E-state index in [1.165, 1.54) is 5.56 Å². The second kappa shape index (κ2) is 10.8. The summed E-state index contributed by atoms with van der Waals surface area (Å²) in [5.41, 5.74) is 2.15. The summed E-state index contributed by atoms with van der Waals surface area (Å²) in [4.78, 5) is 11.8. The van der Waals surface area contributed by atoms with E-state index in [2.05, 4.69) is 62.0 Å². The molecule has 0 spiro atoms. The Balaban J connectivity index is 1.56. The van der Waals surface area contributed by atoms with Gasteiger partial charge in [-0.2, -0.15) is 5.10 Å². The second-order valence-corrected chi connectivity index (χ2v) is 11.6. The maximum Gasteiger partial charge on any atom is 0.182 e. The summed E-state index contributed by atoms with van der Waals surface area (Å²) < 4.78 is 12.9. The van der Waals surface area contributed by atoms with E-state index < -0.39 is 5.60 Å². The molecule has 1 aromatic carbocycles. The molecular formula is C30H41N5O3. The van der Waals surface area contributed by atoms with Crippen molar-refractivity contribution in [3.8, 4) is 11.4 Å². The van der Waals surface area contributed by atoms with Gasteiger partial charge in [0.1, 0.15) is 11.4 Å². The number of ether oxygens (including phenoxy) is 2. The molecule has 4 heterocycles. The van der Waals surface area contributed by atoms with Crippen molar-refractivity contribution in [3.63, 3.8) is 0 Å². The van der Waals surface area contributed by atoms with Gasteiger partial charge in [0.15, 0.2) is 5.82 Å². The van der Waals surface area contributed by atoms with E-state index >= 15 is 0 Å². The minimum Gasteiger partial charge on any atom is -0.383 e. The molecule has 0 unspecified atom stereocenters. The Labute approximate surface area is 226 Å². The Kier molecular flexibility index (Phi) is 7.69. The lowest BCUT2D eigenvalue weighted by molar-refractivity contribution is -0.127. The van der Waals surface area contributed by atoms with Crippen LogP contribution in [0.5, 0.6) is 0 Å². The Morgan fingerprint density at radius 1 is 1.13 bits per heavy atom. The number of benzene rings is 1. The van der Waals surface area contributed by atoms with Crippen LogP contribution in [0, 0.1) is 5.41 Å². The van der Waals surface area contributed by atoms with Crippen LogP contribution in [0.3, 0.4) is 0 Å². The van der Waals surface area contributed by atoms with Crippen LogP contribution in [0.2, 0.25) is 0 Å². The first-order valence-corrected chi connectivity index (χ1v) is 13.7. The maximum absolute atomic E-state index is 12.6. The third-order valence-corrected chi connectivity index (χ3v) is 8.31. The predicted molar refractivity (Wildman–Crippen MR) is 147 cm³/mol. The molecule has 0 amide bonds. The third-order valence-electron chi connectivity index (χ3n) is 8.31. The van der Waals surface area contributed by atoms with Crippen LogP contribution in [0.25, 0.3) is 11.4 Å². The van der Waals surface area contributed by atoms with Gasteiger partial charge in [-0.3, -0.25) is 4.98 Å². The lowest BCUT2D eigenvalue weighted by Crippen LogP contribution is -2.63. The number of aromatic nitrogens is 4. The molecule has 0 radical (unpaired) electrons. The van der Waals surface area contributed by atoms with E-state index in [0.29, 0.717) is 30.8 Å². The van der Waals surface area contributed by atoms with Gasteiger partial charge in [0, 0.05) is 68.3 Å². The van der Waals surface area contributed by atoms with Crippen LogP contribution in [0.1, 0.15) is 68.0 Å². The first kappa shape index (κ1) is 26.9. The number of aliphatic hydroxyl groups is 1. The number of rotatable bonds is 9. The van der Waals surface area contributed by atoms with Crippen LogP contribution in [0.15, 0.2) is 42.7 Å². The standard InChI is InChI=1S/C30H41N5O3/c1-21(2)22-6-8-25(9-7-22)30(36,29(3)19-34(4)20-29)26-16-24(17-31-18-26)27-32-28(23-10-13-38-14-11-23)35(33-27)12-15-37-5/h6-9,16-18,21,23,36H,10-15,19-20H2,1-5H3/t30-/m0/s1. The van der Waals surface area contributed by atoms with E-state index in [1.54, 1.807) is 19.5 Å². The fourth-order valence-electron chi connectivity index (χ4n) is 6.18. The molecule has 2 aliphatic rings. The van der Waals surface area contributed by atoms with Crippen molar-refractivity contribution in [1.82, 2.24) is 24.6 Å². The van der Waals surface area contributed by atoms with Gasteiger partial charge in [0.2, 0.25) is 0 Å². The first-order chi connectivity index (χ1) is 18.2. The van der Waals surface area contributed by atoms with Crippen LogP contribution < -0.4 is 0 Å². The lowest BCUT2D eigenvalue weighted by atomic mass is 9.62. The molecule has 2 saturated heterocycles. The molecule has 2 aromatic heterocycles. The Morgan fingerprint density at radius 3 is 2.47 bits per heavy atom. The fourth-order valence-corrected chi connectivity index (χ4v) is 6.18. The second-order valence-electron chi connectivity index (χ2n) is 11.6. The van der Waals surface area contributed by atoms with Crippen molar-refractivity contribution in [2.45, 2.75) is 57.6 Å². The zero-order chi connectivity index (χ0) is 26.9. The molecule has 204 valence electrons. The van der Waals surface area contributed by atoms with Gasteiger partial charge < -0.3 is 19.5 Å². The number of methoxy groups -OCH3 is 1. The monoisotopic (exact) mass is 519 g/mol. The van der Waals surface area contributed by atoms with Gasteiger partial charge >= 0.3 is 0 Å². The topological polar surface area (TPSA) is 85.5 Å². The van der Waals surface area contributed by atoms with E-state index in [9.17, 15) is 5.11 Å². The summed E-state index contributed by atoms with van der Waals surface area (Å²) in [6, 6.07) is 10.4. The average molecular weight is 520 g/mol. The van der Waals surface area contributed by atoms with Gasteiger partial charge in [-0.1, -0.05) is 45.0 Å². The Bertz CT molecular complexity index is 1230. The van der Waals surface area contributed by atoms with Crippen LogP contribution in [-0.2, 0) is 21.6 Å². The van der Waals surface area contributed by atoms with E-state index in [-0.39, 0.29) is 5.41 Å². The van der Waals surface area contributed by atoms with Gasteiger partial charge in [0.05, 0.1) is 13.2 Å². The summed E-state index contributed by atoms with van der Waals surface area (Å²) in [5, 5.41) is 17.5. The van der Waals surface area contributed by atoms with Crippen LogP contribution in [-0.4, -0.2) is 76.8 Å². The average Bonchev–Trinajstić information content (AvgIpc) is 3.35. The zero-order valence-electron chi connectivity index (χ0n) is 23.4. The molecule has 8 heteroatoms. The zero-order valence-corrected chi connectivity index (χ0v) is 23.4. The molecule has 1 N–H and O–H groups in total. The van der Waals surface area contributed by atoms with Crippen LogP contribution in [0.4, 0.5) is 0 Å². The number of hydrogen-bond acceptors (Lipinski definition) is 7. The number of likely N-dealkylation sites (tertiary alicyclic amines) is 1. The van der Waals surface area contributed by atoms with Crippen molar-refractivity contribution in [1.29, 1.82) is 0 Å². The highest BCUT2D eigenvalue weighted by atomic mass is 16.5. The van der Waals surface area contributed by atoms with Gasteiger partial charge in [-0.15, -0.1) is 0 Å².